The third-order valence-corrected chi connectivity index (χ3v) is 8.65. The van der Waals surface area contributed by atoms with E-state index in [1.165, 1.54) is 23.1 Å². The number of para-hydroxylation sites is 1. The van der Waals surface area contributed by atoms with E-state index >= 15 is 0 Å². The van der Waals surface area contributed by atoms with Gasteiger partial charge in [0.1, 0.15) is 5.00 Å². The number of benzene rings is 2. The summed E-state index contributed by atoms with van der Waals surface area (Å²) in [5, 5.41) is 13.0. The topological polar surface area (TPSA) is 105 Å². The number of carbonyl (C=O) groups excluding carboxylic acids is 2. The molecule has 39 heavy (non-hydrogen) atoms. The smallest absolute Gasteiger partial charge is 0.341 e. The van der Waals surface area contributed by atoms with E-state index in [0.717, 1.165) is 47.4 Å². The number of aromatic nitrogens is 3. The maximum absolute atomic E-state index is 13.1. The first-order valence-electron chi connectivity index (χ1n) is 12.8. The van der Waals surface area contributed by atoms with Gasteiger partial charge in [0.15, 0.2) is 22.5 Å². The number of thiophene rings is 1. The summed E-state index contributed by atoms with van der Waals surface area (Å²) in [5.41, 5.74) is 3.21. The summed E-state index contributed by atoms with van der Waals surface area (Å²) >= 11 is 2.76. The summed E-state index contributed by atoms with van der Waals surface area (Å²) in [6.07, 6.45) is 3.85. The van der Waals surface area contributed by atoms with E-state index in [1.807, 2.05) is 53.1 Å². The predicted molar refractivity (Wildman–Crippen MR) is 149 cm³/mol. The summed E-state index contributed by atoms with van der Waals surface area (Å²) in [6.45, 7) is 2.26. The zero-order valence-electron chi connectivity index (χ0n) is 21.3. The molecule has 6 rings (SSSR count). The lowest BCUT2D eigenvalue weighted by atomic mass is 9.95. The number of hydrogen-bond donors (Lipinski definition) is 1. The molecule has 1 aliphatic heterocycles. The van der Waals surface area contributed by atoms with Gasteiger partial charge in [0.05, 0.1) is 17.9 Å². The van der Waals surface area contributed by atoms with E-state index in [1.54, 1.807) is 6.92 Å². The average Bonchev–Trinajstić information content (AvgIpc) is 3.68. The number of hydrogen-bond acceptors (Lipinski definition) is 9. The minimum absolute atomic E-state index is 0.0942. The molecule has 3 heterocycles. The number of nitrogens with one attached hydrogen (secondary N) is 1. The summed E-state index contributed by atoms with van der Waals surface area (Å²) < 4.78 is 18.2. The van der Waals surface area contributed by atoms with Gasteiger partial charge >= 0.3 is 5.97 Å². The van der Waals surface area contributed by atoms with Gasteiger partial charge in [0, 0.05) is 16.1 Å². The number of thioether (sulfide) groups is 1. The van der Waals surface area contributed by atoms with Gasteiger partial charge in [-0.05, 0) is 68.5 Å². The number of carbonyl (C=O) groups is 2. The van der Waals surface area contributed by atoms with Crippen molar-refractivity contribution in [3.05, 3.63) is 64.5 Å². The van der Waals surface area contributed by atoms with Gasteiger partial charge in [-0.2, -0.15) is 0 Å². The van der Waals surface area contributed by atoms with Crippen LogP contribution in [0.3, 0.4) is 0 Å². The van der Waals surface area contributed by atoms with Gasteiger partial charge in [-0.1, -0.05) is 30.0 Å². The highest BCUT2D eigenvalue weighted by molar-refractivity contribution is 7.99. The minimum Gasteiger partial charge on any atom is -0.462 e. The first-order chi connectivity index (χ1) is 19.1. The molecule has 11 heteroatoms. The zero-order valence-corrected chi connectivity index (χ0v) is 22.9. The van der Waals surface area contributed by atoms with Crippen LogP contribution in [0.5, 0.6) is 11.5 Å². The molecule has 0 bridgehead atoms. The molecule has 1 N–H and O–H groups in total. The lowest BCUT2D eigenvalue weighted by Crippen LogP contribution is -2.17. The number of nitrogens with zero attached hydrogens (tertiary/aromatic N) is 3. The van der Waals surface area contributed by atoms with E-state index < -0.39 is 0 Å². The van der Waals surface area contributed by atoms with Gasteiger partial charge in [-0.25, -0.2) is 4.79 Å². The summed E-state index contributed by atoms with van der Waals surface area (Å²) in [6, 6.07) is 15.4. The fourth-order valence-electron chi connectivity index (χ4n) is 4.76. The highest BCUT2D eigenvalue weighted by Crippen LogP contribution is 2.39. The average molecular weight is 563 g/mol. The maximum atomic E-state index is 13.1. The number of esters is 1. The Hall–Kier alpha value is -3.83. The van der Waals surface area contributed by atoms with Crippen LogP contribution in [0, 0.1) is 0 Å². The van der Waals surface area contributed by atoms with Crippen molar-refractivity contribution in [3.8, 4) is 28.6 Å². The number of ether oxygens (including phenoxy) is 3. The van der Waals surface area contributed by atoms with Crippen LogP contribution in [-0.4, -0.2) is 45.8 Å². The van der Waals surface area contributed by atoms with Crippen LogP contribution in [0.25, 0.3) is 17.1 Å². The number of fused-ring (bicyclic) bond motifs is 2. The lowest BCUT2D eigenvalue weighted by molar-refractivity contribution is -0.113. The van der Waals surface area contributed by atoms with E-state index in [-0.39, 0.29) is 31.0 Å². The lowest BCUT2D eigenvalue weighted by Gasteiger charge is -2.12. The Bertz CT molecular complexity index is 1530. The van der Waals surface area contributed by atoms with Crippen molar-refractivity contribution in [2.45, 2.75) is 37.8 Å². The van der Waals surface area contributed by atoms with Crippen molar-refractivity contribution >= 4 is 40.0 Å². The monoisotopic (exact) mass is 562 g/mol. The van der Waals surface area contributed by atoms with Crippen molar-refractivity contribution in [2.75, 3.05) is 24.5 Å². The second kappa shape index (κ2) is 11.1. The van der Waals surface area contributed by atoms with Crippen molar-refractivity contribution < 1.29 is 23.8 Å². The van der Waals surface area contributed by atoms with Crippen molar-refractivity contribution in [1.29, 1.82) is 0 Å². The molecule has 0 atom stereocenters. The Kier molecular flexibility index (Phi) is 7.25. The highest BCUT2D eigenvalue weighted by atomic mass is 32.2. The normalized spacial score (nSPS) is 13.7. The first kappa shape index (κ1) is 25.4. The molecule has 0 saturated heterocycles. The Morgan fingerprint density at radius 1 is 1.08 bits per heavy atom. The summed E-state index contributed by atoms with van der Waals surface area (Å²) in [5.74, 6) is 1.45. The minimum atomic E-state index is -0.378. The maximum Gasteiger partial charge on any atom is 0.341 e. The molecule has 4 aromatic rings. The molecule has 200 valence electrons. The first-order valence-corrected chi connectivity index (χ1v) is 14.6. The van der Waals surface area contributed by atoms with E-state index in [0.29, 0.717) is 33.0 Å². The van der Waals surface area contributed by atoms with Crippen LogP contribution in [0.1, 0.15) is 40.6 Å². The molecular formula is C28H26N4O5S2. The van der Waals surface area contributed by atoms with E-state index in [9.17, 15) is 9.59 Å². The van der Waals surface area contributed by atoms with Crippen molar-refractivity contribution in [1.82, 2.24) is 14.8 Å². The van der Waals surface area contributed by atoms with Crippen LogP contribution < -0.4 is 14.8 Å². The highest BCUT2D eigenvalue weighted by Gasteiger charge is 2.27. The molecule has 0 unspecified atom stereocenters. The Labute approximate surface area is 233 Å². The molecule has 9 nitrogen and oxygen atoms in total. The van der Waals surface area contributed by atoms with Crippen LogP contribution in [-0.2, 0) is 22.4 Å². The molecule has 2 aliphatic rings. The summed E-state index contributed by atoms with van der Waals surface area (Å²) in [7, 11) is 0. The summed E-state index contributed by atoms with van der Waals surface area (Å²) in [4.78, 5) is 27.0. The molecule has 2 aromatic heterocycles. The molecule has 1 aliphatic carbocycles. The van der Waals surface area contributed by atoms with Gasteiger partial charge in [0.2, 0.25) is 12.7 Å². The van der Waals surface area contributed by atoms with Crippen molar-refractivity contribution in [2.24, 2.45) is 0 Å². The van der Waals surface area contributed by atoms with Gasteiger partial charge in [-0.3, -0.25) is 9.36 Å². The second-order valence-corrected chi connectivity index (χ2v) is 11.1. The standard InChI is InChI=1S/C28H26N4O5S2/c1-2-35-27(34)24-19-10-6-7-11-22(19)39-26(24)29-23(33)15-38-28-31-30-25(32(28)18-8-4-3-5-9-18)17-12-13-20-21(14-17)37-16-36-20/h3-5,8-9,12-14H,2,6-7,10-11,15-16H2,1H3,(H,29,33). The number of amides is 1. The fraction of sp³-hybridized carbons (Fsp3) is 0.286. The molecule has 0 fully saturated rings. The molecule has 1 amide bonds. The quantitative estimate of drug-likeness (QED) is 0.221. The Balaban J connectivity index is 1.25. The van der Waals surface area contributed by atoms with Crippen LogP contribution in [0.15, 0.2) is 53.7 Å². The largest absolute Gasteiger partial charge is 0.462 e. The van der Waals surface area contributed by atoms with Gasteiger partial charge in [0.25, 0.3) is 0 Å². The van der Waals surface area contributed by atoms with Crippen LogP contribution in [0.2, 0.25) is 0 Å². The van der Waals surface area contributed by atoms with Crippen LogP contribution >= 0.6 is 23.1 Å². The third kappa shape index (κ3) is 5.11. The van der Waals surface area contributed by atoms with E-state index in [4.69, 9.17) is 14.2 Å². The number of rotatable bonds is 8. The molecule has 2 aromatic carbocycles. The number of anilines is 1. The fourth-order valence-corrected chi connectivity index (χ4v) is 6.81. The van der Waals surface area contributed by atoms with Crippen molar-refractivity contribution in [3.63, 3.8) is 0 Å². The molecule has 0 saturated carbocycles. The third-order valence-electron chi connectivity index (χ3n) is 6.51. The Morgan fingerprint density at radius 3 is 2.74 bits per heavy atom. The van der Waals surface area contributed by atoms with E-state index in [2.05, 4.69) is 15.5 Å². The second-order valence-electron chi connectivity index (χ2n) is 9.02. The molecular weight excluding hydrogens is 536 g/mol. The van der Waals surface area contributed by atoms with Gasteiger partial charge in [-0.15, -0.1) is 21.5 Å². The zero-order chi connectivity index (χ0) is 26.8. The Morgan fingerprint density at radius 2 is 1.90 bits per heavy atom. The molecule has 0 spiro atoms. The SMILES string of the molecule is CCOC(=O)c1c(NC(=O)CSc2nnc(-c3ccc4c(c3)OCO4)n2-c2ccccc2)sc2c1CCCC2. The predicted octanol–water partition coefficient (Wildman–Crippen LogP) is 5.51. The van der Waals surface area contributed by atoms with Crippen LogP contribution in [0.4, 0.5) is 5.00 Å². The molecule has 0 radical (unpaired) electrons. The van der Waals surface area contributed by atoms with Gasteiger partial charge < -0.3 is 19.5 Å². The number of aryl methyl sites for hydroxylation is 1.